The Labute approximate surface area is 126 Å². The average Bonchev–Trinajstić information content (AvgIpc) is 3.02. The first-order valence-corrected chi connectivity index (χ1v) is 7.44. The van der Waals surface area contributed by atoms with Gasteiger partial charge in [-0.15, -0.1) is 11.3 Å². The second-order valence-electron chi connectivity index (χ2n) is 5.25. The van der Waals surface area contributed by atoms with Crippen LogP contribution in [0.4, 0.5) is 5.69 Å². The van der Waals surface area contributed by atoms with Crippen LogP contribution < -0.4 is 20.5 Å². The molecule has 2 aromatic rings. The number of nitrogens with one attached hydrogen (secondary N) is 1. The van der Waals surface area contributed by atoms with Gasteiger partial charge in [0.15, 0.2) is 11.5 Å². The second-order valence-corrected chi connectivity index (χ2v) is 6.23. The van der Waals surface area contributed by atoms with E-state index in [1.807, 2.05) is 31.4 Å². The standard InChI is InChI=1S/C15H16N2O3S/c1-15(2)19-10-6-5-9(8-11(10)20-15)17-14(18)13(16)12-4-3-7-21-12/h3-8,13H,16H2,1-2H3,(H,17,18). The summed E-state index contributed by atoms with van der Waals surface area (Å²) in [7, 11) is 0. The number of fused-ring (bicyclic) bond motifs is 1. The average molecular weight is 304 g/mol. The van der Waals surface area contributed by atoms with Crippen LogP contribution in [-0.2, 0) is 4.79 Å². The summed E-state index contributed by atoms with van der Waals surface area (Å²) in [5.41, 5.74) is 6.56. The summed E-state index contributed by atoms with van der Waals surface area (Å²) in [6.07, 6.45) is 0. The quantitative estimate of drug-likeness (QED) is 0.914. The Balaban J connectivity index is 1.73. The zero-order valence-corrected chi connectivity index (χ0v) is 12.6. The molecule has 0 saturated heterocycles. The number of rotatable bonds is 3. The number of carbonyl (C=O) groups is 1. The van der Waals surface area contributed by atoms with Crippen molar-refractivity contribution >= 4 is 22.9 Å². The van der Waals surface area contributed by atoms with Crippen LogP contribution in [0.2, 0.25) is 0 Å². The minimum atomic E-state index is -0.682. The number of nitrogens with two attached hydrogens (primary N) is 1. The molecule has 110 valence electrons. The van der Waals surface area contributed by atoms with E-state index < -0.39 is 11.8 Å². The largest absolute Gasteiger partial charge is 0.449 e. The third-order valence-electron chi connectivity index (χ3n) is 3.05. The van der Waals surface area contributed by atoms with Gasteiger partial charge in [-0.05, 0) is 23.6 Å². The molecule has 5 nitrogen and oxygen atoms in total. The molecular formula is C15H16N2O3S. The van der Waals surface area contributed by atoms with Crippen molar-refractivity contribution in [2.75, 3.05) is 5.32 Å². The molecule has 1 amide bonds. The molecule has 0 saturated carbocycles. The third-order valence-corrected chi connectivity index (χ3v) is 4.01. The minimum absolute atomic E-state index is 0.254. The number of hydrogen-bond acceptors (Lipinski definition) is 5. The maximum Gasteiger partial charge on any atom is 0.246 e. The van der Waals surface area contributed by atoms with Crippen molar-refractivity contribution in [1.82, 2.24) is 0 Å². The Morgan fingerprint density at radius 2 is 2.05 bits per heavy atom. The van der Waals surface area contributed by atoms with Crippen LogP contribution in [0.5, 0.6) is 11.5 Å². The highest BCUT2D eigenvalue weighted by Gasteiger charge is 2.31. The number of amides is 1. The number of thiophene rings is 1. The molecule has 1 unspecified atom stereocenters. The summed E-state index contributed by atoms with van der Waals surface area (Å²) in [5, 5.41) is 4.69. The molecule has 1 aliphatic rings. The van der Waals surface area contributed by atoms with Gasteiger partial charge in [0, 0.05) is 30.5 Å². The Kier molecular flexibility index (Phi) is 3.35. The van der Waals surface area contributed by atoms with Crippen molar-refractivity contribution in [3.05, 3.63) is 40.6 Å². The zero-order valence-electron chi connectivity index (χ0n) is 11.8. The van der Waals surface area contributed by atoms with Crippen molar-refractivity contribution in [3.8, 4) is 11.5 Å². The molecule has 0 radical (unpaired) electrons. The molecule has 0 spiro atoms. The number of hydrogen-bond donors (Lipinski definition) is 2. The summed E-state index contributed by atoms with van der Waals surface area (Å²) in [6.45, 7) is 3.66. The molecule has 1 atom stereocenters. The number of anilines is 1. The van der Waals surface area contributed by atoms with E-state index in [0.29, 0.717) is 17.2 Å². The van der Waals surface area contributed by atoms with Crippen molar-refractivity contribution in [1.29, 1.82) is 0 Å². The van der Waals surface area contributed by atoms with Crippen LogP contribution in [-0.4, -0.2) is 11.7 Å². The fraction of sp³-hybridized carbons (Fsp3) is 0.267. The molecular weight excluding hydrogens is 288 g/mol. The van der Waals surface area contributed by atoms with Crippen LogP contribution >= 0.6 is 11.3 Å². The van der Waals surface area contributed by atoms with Crippen molar-refractivity contribution in [2.45, 2.75) is 25.7 Å². The monoisotopic (exact) mass is 304 g/mol. The summed E-state index contributed by atoms with van der Waals surface area (Å²) in [6, 6.07) is 8.32. The molecule has 6 heteroatoms. The maximum atomic E-state index is 12.1. The predicted octanol–water partition coefficient (Wildman–Crippen LogP) is 2.89. The number of benzene rings is 1. The van der Waals surface area contributed by atoms with Crippen molar-refractivity contribution < 1.29 is 14.3 Å². The summed E-state index contributed by atoms with van der Waals surface area (Å²) >= 11 is 1.46. The van der Waals surface area contributed by atoms with Crippen LogP contribution in [0.3, 0.4) is 0 Å². The molecule has 0 aliphatic carbocycles. The Bertz CT molecular complexity index is 668. The van der Waals surface area contributed by atoms with Crippen LogP contribution in [0.1, 0.15) is 24.8 Å². The van der Waals surface area contributed by atoms with E-state index in [4.69, 9.17) is 15.2 Å². The highest BCUT2D eigenvalue weighted by atomic mass is 32.1. The predicted molar refractivity (Wildman–Crippen MR) is 81.7 cm³/mol. The number of ether oxygens (including phenoxy) is 2. The lowest BCUT2D eigenvalue weighted by atomic mass is 10.2. The molecule has 0 fully saturated rings. The molecule has 21 heavy (non-hydrogen) atoms. The van der Waals surface area contributed by atoms with Gasteiger partial charge in [-0.25, -0.2) is 0 Å². The van der Waals surface area contributed by atoms with E-state index in [1.54, 1.807) is 18.2 Å². The Hall–Kier alpha value is -2.05. The fourth-order valence-electron chi connectivity index (χ4n) is 2.12. The van der Waals surface area contributed by atoms with Crippen molar-refractivity contribution in [3.63, 3.8) is 0 Å². The highest BCUT2D eigenvalue weighted by Crippen LogP contribution is 2.40. The molecule has 0 bridgehead atoms. The van der Waals surface area contributed by atoms with Gasteiger partial charge in [0.2, 0.25) is 11.7 Å². The van der Waals surface area contributed by atoms with Gasteiger partial charge >= 0.3 is 0 Å². The van der Waals surface area contributed by atoms with Gasteiger partial charge in [-0.1, -0.05) is 6.07 Å². The lowest BCUT2D eigenvalue weighted by Crippen LogP contribution is -2.29. The third kappa shape index (κ3) is 2.86. The first kappa shape index (κ1) is 13.9. The first-order valence-electron chi connectivity index (χ1n) is 6.56. The minimum Gasteiger partial charge on any atom is -0.449 e. The fourth-order valence-corrected chi connectivity index (χ4v) is 2.84. The van der Waals surface area contributed by atoms with Gasteiger partial charge in [0.05, 0.1) is 0 Å². The zero-order chi connectivity index (χ0) is 15.0. The molecule has 1 aliphatic heterocycles. The topological polar surface area (TPSA) is 73.6 Å². The van der Waals surface area contributed by atoms with Gasteiger partial charge in [0.25, 0.3) is 0 Å². The van der Waals surface area contributed by atoms with Gasteiger partial charge in [-0.2, -0.15) is 0 Å². The Morgan fingerprint density at radius 3 is 2.76 bits per heavy atom. The Morgan fingerprint density at radius 1 is 1.29 bits per heavy atom. The van der Waals surface area contributed by atoms with E-state index in [9.17, 15) is 4.79 Å². The summed E-state index contributed by atoms with van der Waals surface area (Å²) < 4.78 is 11.2. The van der Waals surface area contributed by atoms with Crippen LogP contribution in [0.15, 0.2) is 35.7 Å². The summed E-state index contributed by atoms with van der Waals surface area (Å²) in [4.78, 5) is 13.0. The van der Waals surface area contributed by atoms with E-state index in [2.05, 4.69) is 5.32 Å². The van der Waals surface area contributed by atoms with Crippen LogP contribution in [0.25, 0.3) is 0 Å². The van der Waals surface area contributed by atoms with Gasteiger partial charge in [0.1, 0.15) is 6.04 Å². The van der Waals surface area contributed by atoms with E-state index in [1.165, 1.54) is 11.3 Å². The summed E-state index contributed by atoms with van der Waals surface area (Å²) in [5.74, 6) is 0.344. The molecule has 2 heterocycles. The lowest BCUT2D eigenvalue weighted by molar-refractivity contribution is -0.117. The highest BCUT2D eigenvalue weighted by molar-refractivity contribution is 7.10. The first-order chi connectivity index (χ1) is 9.94. The normalized spacial score (nSPS) is 16.5. The lowest BCUT2D eigenvalue weighted by Gasteiger charge is -2.16. The van der Waals surface area contributed by atoms with Gasteiger partial charge < -0.3 is 20.5 Å². The van der Waals surface area contributed by atoms with E-state index in [-0.39, 0.29) is 5.91 Å². The molecule has 3 rings (SSSR count). The SMILES string of the molecule is CC1(C)Oc2ccc(NC(=O)C(N)c3cccs3)cc2O1. The number of carbonyl (C=O) groups excluding carboxylic acids is 1. The van der Waals surface area contributed by atoms with Crippen LogP contribution in [0, 0.1) is 0 Å². The maximum absolute atomic E-state index is 12.1. The smallest absolute Gasteiger partial charge is 0.246 e. The molecule has 1 aromatic heterocycles. The van der Waals surface area contributed by atoms with E-state index in [0.717, 1.165) is 4.88 Å². The van der Waals surface area contributed by atoms with E-state index >= 15 is 0 Å². The van der Waals surface area contributed by atoms with Gasteiger partial charge in [-0.3, -0.25) is 4.79 Å². The second kappa shape index (κ2) is 5.05. The molecule has 1 aromatic carbocycles. The van der Waals surface area contributed by atoms with Crippen molar-refractivity contribution in [2.24, 2.45) is 5.73 Å². The molecule has 3 N–H and O–H groups in total.